The van der Waals surface area contributed by atoms with Gasteiger partial charge in [0, 0.05) is 12.6 Å². The topological polar surface area (TPSA) is 55.6 Å². The summed E-state index contributed by atoms with van der Waals surface area (Å²) < 4.78 is 5.22. The van der Waals surface area contributed by atoms with Crippen LogP contribution in [0.5, 0.6) is 5.75 Å². The van der Waals surface area contributed by atoms with Crippen molar-refractivity contribution in [3.05, 3.63) is 23.8 Å². The Morgan fingerprint density at radius 3 is 2.88 bits per heavy atom. The maximum atomic E-state index is 12.4. The Morgan fingerprint density at radius 2 is 2.29 bits per heavy atom. The van der Waals surface area contributed by atoms with Crippen molar-refractivity contribution in [2.45, 2.75) is 25.8 Å². The SMILES string of the molecule is COc1c(N)cccc1C(=O)N1CCCC1C. The fourth-order valence-electron chi connectivity index (χ4n) is 2.34. The molecule has 1 unspecified atom stereocenters. The predicted molar refractivity (Wildman–Crippen MR) is 67.1 cm³/mol. The standard InChI is InChI=1S/C13H18N2O2/c1-9-5-4-8-15(9)13(16)10-6-3-7-11(14)12(10)17-2/h3,6-7,9H,4-5,8,14H2,1-2H3. The summed E-state index contributed by atoms with van der Waals surface area (Å²) in [5.74, 6) is 0.496. The maximum absolute atomic E-state index is 12.4. The Hall–Kier alpha value is -1.71. The number of nitrogen functional groups attached to an aromatic ring is 1. The van der Waals surface area contributed by atoms with Gasteiger partial charge in [0.1, 0.15) is 0 Å². The summed E-state index contributed by atoms with van der Waals surface area (Å²) in [6.45, 7) is 2.89. The molecule has 1 aliphatic heterocycles. The van der Waals surface area contributed by atoms with Crippen molar-refractivity contribution in [1.29, 1.82) is 0 Å². The Morgan fingerprint density at radius 1 is 1.53 bits per heavy atom. The molecule has 1 aromatic carbocycles. The van der Waals surface area contributed by atoms with Crippen molar-refractivity contribution in [3.8, 4) is 5.75 Å². The van der Waals surface area contributed by atoms with Gasteiger partial charge in [0.25, 0.3) is 5.91 Å². The molecule has 1 aliphatic rings. The van der Waals surface area contributed by atoms with E-state index in [2.05, 4.69) is 6.92 Å². The second-order valence-corrected chi connectivity index (χ2v) is 4.42. The normalized spacial score (nSPS) is 19.4. The van der Waals surface area contributed by atoms with Crippen LogP contribution in [0.3, 0.4) is 0 Å². The molecule has 2 N–H and O–H groups in total. The van der Waals surface area contributed by atoms with Crippen LogP contribution in [0.25, 0.3) is 0 Å². The first-order valence-electron chi connectivity index (χ1n) is 5.88. The molecule has 0 saturated carbocycles. The van der Waals surface area contributed by atoms with E-state index in [9.17, 15) is 4.79 Å². The average Bonchev–Trinajstić information content (AvgIpc) is 2.74. The van der Waals surface area contributed by atoms with Gasteiger partial charge in [0.15, 0.2) is 5.75 Å². The van der Waals surface area contributed by atoms with Crippen LogP contribution in [0.1, 0.15) is 30.1 Å². The van der Waals surface area contributed by atoms with E-state index in [0.717, 1.165) is 19.4 Å². The van der Waals surface area contributed by atoms with Gasteiger partial charge in [0.2, 0.25) is 0 Å². The molecular weight excluding hydrogens is 216 g/mol. The van der Waals surface area contributed by atoms with Crippen LogP contribution >= 0.6 is 0 Å². The monoisotopic (exact) mass is 234 g/mol. The highest BCUT2D eigenvalue weighted by atomic mass is 16.5. The van der Waals surface area contributed by atoms with E-state index in [1.807, 2.05) is 4.90 Å². The van der Waals surface area contributed by atoms with Gasteiger partial charge in [-0.3, -0.25) is 4.79 Å². The molecule has 1 aromatic rings. The molecular formula is C13H18N2O2. The van der Waals surface area contributed by atoms with Gasteiger partial charge >= 0.3 is 0 Å². The number of carbonyl (C=O) groups is 1. The number of anilines is 1. The summed E-state index contributed by atoms with van der Waals surface area (Å²) in [6, 6.07) is 5.59. The van der Waals surface area contributed by atoms with E-state index < -0.39 is 0 Å². The highest BCUT2D eigenvalue weighted by Gasteiger charge is 2.28. The summed E-state index contributed by atoms with van der Waals surface area (Å²) in [4.78, 5) is 14.3. The zero-order chi connectivity index (χ0) is 12.4. The number of ether oxygens (including phenoxy) is 1. The number of hydrogen-bond donors (Lipinski definition) is 1. The number of methoxy groups -OCH3 is 1. The third-order valence-corrected chi connectivity index (χ3v) is 3.29. The molecule has 0 bridgehead atoms. The molecule has 2 rings (SSSR count). The first-order chi connectivity index (χ1) is 8.15. The minimum Gasteiger partial charge on any atom is -0.494 e. The molecule has 1 heterocycles. The number of benzene rings is 1. The quantitative estimate of drug-likeness (QED) is 0.795. The fraction of sp³-hybridized carbons (Fsp3) is 0.462. The van der Waals surface area contributed by atoms with Gasteiger partial charge < -0.3 is 15.4 Å². The largest absolute Gasteiger partial charge is 0.494 e. The molecule has 0 aromatic heterocycles. The maximum Gasteiger partial charge on any atom is 0.257 e. The van der Waals surface area contributed by atoms with E-state index in [-0.39, 0.29) is 5.91 Å². The van der Waals surface area contributed by atoms with E-state index in [1.165, 1.54) is 7.11 Å². The van der Waals surface area contributed by atoms with Crippen molar-refractivity contribution < 1.29 is 9.53 Å². The third-order valence-electron chi connectivity index (χ3n) is 3.29. The smallest absolute Gasteiger partial charge is 0.257 e. The van der Waals surface area contributed by atoms with Gasteiger partial charge in [-0.15, -0.1) is 0 Å². The van der Waals surface area contributed by atoms with Crippen LogP contribution in [0.4, 0.5) is 5.69 Å². The zero-order valence-corrected chi connectivity index (χ0v) is 10.3. The van der Waals surface area contributed by atoms with Gasteiger partial charge in [-0.05, 0) is 31.9 Å². The lowest BCUT2D eigenvalue weighted by atomic mass is 10.1. The molecule has 1 saturated heterocycles. The van der Waals surface area contributed by atoms with Crippen molar-refractivity contribution in [3.63, 3.8) is 0 Å². The average molecular weight is 234 g/mol. The van der Waals surface area contributed by atoms with Crippen LogP contribution in [-0.2, 0) is 0 Å². The molecule has 92 valence electrons. The van der Waals surface area contributed by atoms with Gasteiger partial charge in [-0.25, -0.2) is 0 Å². The van der Waals surface area contributed by atoms with Crippen LogP contribution in [0, 0.1) is 0 Å². The second-order valence-electron chi connectivity index (χ2n) is 4.42. The van der Waals surface area contributed by atoms with Crippen molar-refractivity contribution in [1.82, 2.24) is 4.90 Å². The van der Waals surface area contributed by atoms with Crippen molar-refractivity contribution in [2.24, 2.45) is 0 Å². The first kappa shape index (κ1) is 11.8. The van der Waals surface area contributed by atoms with Gasteiger partial charge in [-0.2, -0.15) is 0 Å². The number of hydrogen-bond acceptors (Lipinski definition) is 3. The number of carbonyl (C=O) groups excluding carboxylic acids is 1. The minimum absolute atomic E-state index is 0.0131. The molecule has 1 atom stereocenters. The molecule has 1 fully saturated rings. The Bertz CT molecular complexity index is 431. The number of nitrogens with zero attached hydrogens (tertiary/aromatic N) is 1. The molecule has 4 nitrogen and oxygen atoms in total. The zero-order valence-electron chi connectivity index (χ0n) is 10.3. The summed E-state index contributed by atoms with van der Waals surface area (Å²) >= 11 is 0. The number of likely N-dealkylation sites (tertiary alicyclic amines) is 1. The van der Waals surface area contributed by atoms with E-state index in [0.29, 0.717) is 23.0 Å². The molecule has 0 spiro atoms. The molecule has 4 heteroatoms. The predicted octanol–water partition coefficient (Wildman–Crippen LogP) is 1.90. The van der Waals surface area contributed by atoms with Crippen LogP contribution in [0.2, 0.25) is 0 Å². The molecule has 0 radical (unpaired) electrons. The Labute approximate surface area is 101 Å². The number of rotatable bonds is 2. The summed E-state index contributed by atoms with van der Waals surface area (Å²) in [7, 11) is 1.54. The molecule has 0 aliphatic carbocycles. The van der Waals surface area contributed by atoms with Gasteiger partial charge in [0.05, 0.1) is 18.4 Å². The molecule has 1 amide bonds. The Balaban J connectivity index is 2.33. The summed E-state index contributed by atoms with van der Waals surface area (Å²) in [5, 5.41) is 0. The number of amides is 1. The van der Waals surface area contributed by atoms with Crippen LogP contribution in [-0.4, -0.2) is 30.5 Å². The Kier molecular flexibility index (Phi) is 3.22. The lowest BCUT2D eigenvalue weighted by Crippen LogP contribution is -2.33. The first-order valence-corrected chi connectivity index (χ1v) is 5.88. The van der Waals surface area contributed by atoms with Gasteiger partial charge in [-0.1, -0.05) is 6.07 Å². The lowest BCUT2D eigenvalue weighted by molar-refractivity contribution is 0.0744. The van der Waals surface area contributed by atoms with Crippen molar-refractivity contribution >= 4 is 11.6 Å². The fourth-order valence-corrected chi connectivity index (χ4v) is 2.34. The highest BCUT2D eigenvalue weighted by Crippen LogP contribution is 2.29. The molecule has 17 heavy (non-hydrogen) atoms. The number of nitrogens with two attached hydrogens (primary N) is 1. The lowest BCUT2D eigenvalue weighted by Gasteiger charge is -2.22. The minimum atomic E-state index is 0.0131. The van der Waals surface area contributed by atoms with Crippen molar-refractivity contribution in [2.75, 3.05) is 19.4 Å². The van der Waals surface area contributed by atoms with Crippen LogP contribution < -0.4 is 10.5 Å². The van der Waals surface area contributed by atoms with Crippen LogP contribution in [0.15, 0.2) is 18.2 Å². The number of para-hydroxylation sites is 1. The van der Waals surface area contributed by atoms with E-state index in [1.54, 1.807) is 18.2 Å². The highest BCUT2D eigenvalue weighted by molar-refractivity contribution is 5.99. The second kappa shape index (κ2) is 4.65. The van der Waals surface area contributed by atoms with E-state index in [4.69, 9.17) is 10.5 Å². The summed E-state index contributed by atoms with van der Waals surface area (Å²) in [6.07, 6.45) is 2.13. The van der Waals surface area contributed by atoms with E-state index >= 15 is 0 Å². The summed E-state index contributed by atoms with van der Waals surface area (Å²) in [5.41, 5.74) is 6.87. The third kappa shape index (κ3) is 2.07.